The fraction of sp³-hybridized carbons (Fsp3) is 0.391. The van der Waals surface area contributed by atoms with Gasteiger partial charge in [-0.25, -0.2) is 0 Å². The molecule has 4 heteroatoms. The number of nitrogens with zero attached hydrogens (tertiary/aromatic N) is 1. The lowest BCUT2D eigenvalue weighted by atomic mass is 9.91. The zero-order chi connectivity index (χ0) is 18.8. The SMILES string of the molecule is C=C(NC)c1ccc(Oc2ccc3c(c2)CCN(C2CCC2)CC3)c(Cl)c1. The Bertz CT molecular complexity index is 844. The van der Waals surface area contributed by atoms with Crippen LogP contribution in [0.5, 0.6) is 11.5 Å². The molecule has 1 aliphatic heterocycles. The van der Waals surface area contributed by atoms with Gasteiger partial charge in [-0.15, -0.1) is 0 Å². The molecule has 0 spiro atoms. The molecule has 1 saturated carbocycles. The molecule has 0 aromatic heterocycles. The van der Waals surface area contributed by atoms with Crippen LogP contribution in [0.25, 0.3) is 5.70 Å². The zero-order valence-electron chi connectivity index (χ0n) is 15.9. The molecule has 1 fully saturated rings. The highest BCUT2D eigenvalue weighted by Gasteiger charge is 2.26. The van der Waals surface area contributed by atoms with E-state index >= 15 is 0 Å². The summed E-state index contributed by atoms with van der Waals surface area (Å²) in [6.45, 7) is 6.31. The highest BCUT2D eigenvalue weighted by molar-refractivity contribution is 6.32. The Kier molecular flexibility index (Phi) is 5.42. The second kappa shape index (κ2) is 7.95. The molecular weight excluding hydrogens is 356 g/mol. The molecule has 0 radical (unpaired) electrons. The second-order valence-corrected chi connectivity index (χ2v) is 7.93. The molecule has 0 unspecified atom stereocenters. The van der Waals surface area contributed by atoms with Crippen molar-refractivity contribution < 1.29 is 4.74 Å². The van der Waals surface area contributed by atoms with Crippen LogP contribution in [0.1, 0.15) is 36.0 Å². The molecule has 2 aromatic rings. The Hall–Kier alpha value is -1.97. The van der Waals surface area contributed by atoms with E-state index < -0.39 is 0 Å². The van der Waals surface area contributed by atoms with E-state index in [9.17, 15) is 0 Å². The van der Waals surface area contributed by atoms with Crippen molar-refractivity contribution >= 4 is 17.3 Å². The summed E-state index contributed by atoms with van der Waals surface area (Å²) in [4.78, 5) is 2.67. The van der Waals surface area contributed by atoms with E-state index in [-0.39, 0.29) is 0 Å². The number of rotatable bonds is 5. The minimum atomic E-state index is 0.593. The molecular formula is C23H27ClN2O. The first-order valence-electron chi connectivity index (χ1n) is 9.84. The molecule has 142 valence electrons. The van der Waals surface area contributed by atoms with Crippen molar-refractivity contribution in [2.45, 2.75) is 38.1 Å². The van der Waals surface area contributed by atoms with Crippen LogP contribution in [0.2, 0.25) is 5.02 Å². The Balaban J connectivity index is 1.48. The van der Waals surface area contributed by atoms with E-state index in [0.717, 1.165) is 42.4 Å². The maximum Gasteiger partial charge on any atom is 0.146 e. The number of hydrogen-bond acceptors (Lipinski definition) is 3. The zero-order valence-corrected chi connectivity index (χ0v) is 16.7. The summed E-state index contributed by atoms with van der Waals surface area (Å²) < 4.78 is 6.10. The van der Waals surface area contributed by atoms with Gasteiger partial charge in [0, 0.05) is 31.9 Å². The van der Waals surface area contributed by atoms with Crippen LogP contribution in [-0.2, 0) is 12.8 Å². The van der Waals surface area contributed by atoms with Gasteiger partial charge in [-0.3, -0.25) is 4.90 Å². The van der Waals surface area contributed by atoms with Crippen LogP contribution in [0, 0.1) is 0 Å². The largest absolute Gasteiger partial charge is 0.456 e. The molecule has 1 N–H and O–H groups in total. The Labute approximate surface area is 167 Å². The summed E-state index contributed by atoms with van der Waals surface area (Å²) in [5.74, 6) is 1.53. The number of halogens is 1. The molecule has 27 heavy (non-hydrogen) atoms. The number of hydrogen-bond donors (Lipinski definition) is 1. The van der Waals surface area contributed by atoms with Gasteiger partial charge >= 0.3 is 0 Å². The monoisotopic (exact) mass is 382 g/mol. The summed E-state index contributed by atoms with van der Waals surface area (Å²) in [5, 5.41) is 3.63. The van der Waals surface area contributed by atoms with Crippen LogP contribution in [0.4, 0.5) is 0 Å². The normalized spacial score (nSPS) is 17.6. The molecule has 0 atom stereocenters. The maximum absolute atomic E-state index is 6.43. The first-order valence-corrected chi connectivity index (χ1v) is 10.2. The van der Waals surface area contributed by atoms with Crippen molar-refractivity contribution in [3.05, 3.63) is 64.7 Å². The van der Waals surface area contributed by atoms with Crippen molar-refractivity contribution in [1.82, 2.24) is 10.2 Å². The van der Waals surface area contributed by atoms with Gasteiger partial charge < -0.3 is 10.1 Å². The fourth-order valence-corrected chi connectivity index (χ4v) is 4.16. The first kappa shape index (κ1) is 18.4. The topological polar surface area (TPSA) is 24.5 Å². The van der Waals surface area contributed by atoms with E-state index in [1.54, 1.807) is 0 Å². The third-order valence-corrected chi connectivity index (χ3v) is 6.21. The molecule has 1 aliphatic carbocycles. The second-order valence-electron chi connectivity index (χ2n) is 7.53. The van der Waals surface area contributed by atoms with Gasteiger partial charge in [0.05, 0.1) is 5.02 Å². The summed E-state index contributed by atoms with van der Waals surface area (Å²) >= 11 is 6.43. The summed E-state index contributed by atoms with van der Waals surface area (Å²) in [6, 6.07) is 13.1. The third-order valence-electron chi connectivity index (χ3n) is 5.92. The Morgan fingerprint density at radius 1 is 1.11 bits per heavy atom. The van der Waals surface area contributed by atoms with Gasteiger partial charge in [0.15, 0.2) is 0 Å². The molecule has 3 nitrogen and oxygen atoms in total. The molecule has 1 heterocycles. The van der Waals surface area contributed by atoms with Crippen molar-refractivity contribution in [2.24, 2.45) is 0 Å². The summed E-state index contributed by atoms with van der Waals surface area (Å²) in [6.07, 6.45) is 6.37. The molecule has 0 amide bonds. The number of fused-ring (bicyclic) bond motifs is 1. The van der Waals surface area contributed by atoms with Crippen LogP contribution in [0.3, 0.4) is 0 Å². The average Bonchev–Trinajstić information content (AvgIpc) is 2.84. The summed E-state index contributed by atoms with van der Waals surface area (Å²) in [5.41, 5.74) is 4.67. The quantitative estimate of drug-likeness (QED) is 0.761. The Morgan fingerprint density at radius 2 is 1.89 bits per heavy atom. The third kappa shape index (κ3) is 3.99. The lowest BCUT2D eigenvalue weighted by Gasteiger charge is -2.36. The fourth-order valence-electron chi connectivity index (χ4n) is 3.94. The average molecular weight is 383 g/mol. The number of ether oxygens (including phenoxy) is 1. The minimum absolute atomic E-state index is 0.593. The molecule has 2 aromatic carbocycles. The van der Waals surface area contributed by atoms with Crippen LogP contribution in [0.15, 0.2) is 43.0 Å². The minimum Gasteiger partial charge on any atom is -0.456 e. The Morgan fingerprint density at radius 3 is 2.56 bits per heavy atom. The highest BCUT2D eigenvalue weighted by Crippen LogP contribution is 2.33. The molecule has 4 rings (SSSR count). The van der Waals surface area contributed by atoms with E-state index in [0.29, 0.717) is 10.8 Å². The van der Waals surface area contributed by atoms with Gasteiger partial charge in [-0.1, -0.05) is 30.7 Å². The summed E-state index contributed by atoms with van der Waals surface area (Å²) in [7, 11) is 1.85. The van der Waals surface area contributed by atoms with E-state index in [1.165, 1.54) is 36.9 Å². The van der Waals surface area contributed by atoms with E-state index in [4.69, 9.17) is 16.3 Å². The van der Waals surface area contributed by atoms with Crippen molar-refractivity contribution in [2.75, 3.05) is 20.1 Å². The highest BCUT2D eigenvalue weighted by atomic mass is 35.5. The van der Waals surface area contributed by atoms with Crippen molar-refractivity contribution in [1.29, 1.82) is 0 Å². The van der Waals surface area contributed by atoms with E-state index in [2.05, 4.69) is 35.0 Å². The molecule has 0 bridgehead atoms. The lowest BCUT2D eigenvalue weighted by molar-refractivity contribution is 0.133. The lowest BCUT2D eigenvalue weighted by Crippen LogP contribution is -2.41. The van der Waals surface area contributed by atoms with Crippen LogP contribution >= 0.6 is 11.6 Å². The van der Waals surface area contributed by atoms with Gasteiger partial charge in [-0.05, 0) is 72.7 Å². The van der Waals surface area contributed by atoms with Crippen LogP contribution < -0.4 is 10.1 Å². The molecule has 2 aliphatic rings. The smallest absolute Gasteiger partial charge is 0.146 e. The van der Waals surface area contributed by atoms with Gasteiger partial charge in [-0.2, -0.15) is 0 Å². The van der Waals surface area contributed by atoms with E-state index in [1.807, 2.05) is 25.2 Å². The predicted octanol–water partition coefficient (Wildman–Crippen LogP) is 5.28. The maximum atomic E-state index is 6.43. The standard InChI is InChI=1S/C23H27ClN2O/c1-16(25-2)18-7-9-23(22(24)15-18)27-21-8-6-17-10-12-26(20-4-3-5-20)13-11-19(17)14-21/h6-9,14-15,20,25H,1,3-5,10-13H2,2H3. The predicted molar refractivity (Wildman–Crippen MR) is 113 cm³/mol. The first-order chi connectivity index (χ1) is 13.1. The number of benzene rings is 2. The van der Waals surface area contributed by atoms with Gasteiger partial charge in [0.2, 0.25) is 0 Å². The van der Waals surface area contributed by atoms with Crippen LogP contribution in [-0.4, -0.2) is 31.1 Å². The number of nitrogens with one attached hydrogen (secondary N) is 1. The molecule has 0 saturated heterocycles. The van der Waals surface area contributed by atoms with Crippen molar-refractivity contribution in [3.63, 3.8) is 0 Å². The van der Waals surface area contributed by atoms with Gasteiger partial charge in [0.25, 0.3) is 0 Å². The van der Waals surface area contributed by atoms with Crippen molar-refractivity contribution in [3.8, 4) is 11.5 Å². The van der Waals surface area contributed by atoms with Gasteiger partial charge in [0.1, 0.15) is 11.5 Å².